The Kier molecular flexibility index (Phi) is 3.93. The number of ether oxygens (including phenoxy) is 1. The Balaban J connectivity index is 2.03. The summed E-state index contributed by atoms with van der Waals surface area (Å²) in [5.74, 6) is -3.25. The fourth-order valence-corrected chi connectivity index (χ4v) is 1.56. The highest BCUT2D eigenvalue weighted by molar-refractivity contribution is 5.31. The maximum Gasteiger partial charge on any atom is 0.422 e. The van der Waals surface area contributed by atoms with Crippen LogP contribution in [0.25, 0.3) is 0 Å². The minimum Gasteiger partial charge on any atom is -0.478 e. The van der Waals surface area contributed by atoms with E-state index in [2.05, 4.69) is 10.1 Å². The fourth-order valence-electron chi connectivity index (χ4n) is 1.56. The molecule has 0 bridgehead atoms. The van der Waals surface area contributed by atoms with Gasteiger partial charge in [0.2, 0.25) is 0 Å². The Labute approximate surface area is 106 Å². The van der Waals surface area contributed by atoms with Gasteiger partial charge in [-0.05, 0) is 30.5 Å². The van der Waals surface area contributed by atoms with E-state index in [1.807, 2.05) is 0 Å². The molecule has 19 heavy (non-hydrogen) atoms. The summed E-state index contributed by atoms with van der Waals surface area (Å²) in [4.78, 5) is 0. The second-order valence-electron chi connectivity index (χ2n) is 4.45. The second kappa shape index (κ2) is 5.32. The molecule has 1 aliphatic rings. The number of rotatable bonds is 5. The van der Waals surface area contributed by atoms with Gasteiger partial charge < -0.3 is 10.1 Å². The van der Waals surface area contributed by atoms with Crippen LogP contribution < -0.4 is 10.1 Å². The largest absolute Gasteiger partial charge is 0.478 e. The summed E-state index contributed by atoms with van der Waals surface area (Å²) in [5.41, 5.74) is 0.334. The highest BCUT2D eigenvalue weighted by Crippen LogP contribution is 2.26. The average molecular weight is 281 g/mol. The molecule has 2 nitrogen and oxygen atoms in total. The van der Waals surface area contributed by atoms with E-state index in [9.17, 15) is 22.0 Å². The predicted molar refractivity (Wildman–Crippen MR) is 57.8 cm³/mol. The molecule has 1 aliphatic carbocycles. The number of hydrogen-bond acceptors (Lipinski definition) is 2. The summed E-state index contributed by atoms with van der Waals surface area (Å²) in [6.07, 6.45) is -2.58. The number of benzene rings is 1. The Morgan fingerprint density at radius 3 is 2.21 bits per heavy atom. The summed E-state index contributed by atoms with van der Waals surface area (Å²) < 4.78 is 66.8. The summed E-state index contributed by atoms with van der Waals surface area (Å²) >= 11 is 0. The molecule has 1 fully saturated rings. The highest BCUT2D eigenvalue weighted by Gasteiger charge is 2.30. The maximum absolute atomic E-state index is 13.5. The first-order chi connectivity index (χ1) is 8.85. The molecule has 0 amide bonds. The molecule has 0 heterocycles. The molecule has 1 aromatic rings. The van der Waals surface area contributed by atoms with Crippen molar-refractivity contribution in [1.29, 1.82) is 0 Å². The third kappa shape index (κ3) is 4.34. The normalized spacial score (nSPS) is 15.6. The summed E-state index contributed by atoms with van der Waals surface area (Å²) in [6.45, 7) is -1.45. The molecule has 1 N–H and O–H groups in total. The van der Waals surface area contributed by atoms with Gasteiger partial charge in [-0.2, -0.15) is 13.2 Å². The first kappa shape index (κ1) is 14.0. The van der Waals surface area contributed by atoms with Gasteiger partial charge in [0, 0.05) is 12.6 Å². The molecule has 0 aliphatic heterocycles. The van der Waals surface area contributed by atoms with E-state index in [1.165, 1.54) is 0 Å². The molecule has 106 valence electrons. The quantitative estimate of drug-likeness (QED) is 0.837. The Morgan fingerprint density at radius 1 is 1.16 bits per heavy atom. The van der Waals surface area contributed by atoms with Crippen molar-refractivity contribution in [1.82, 2.24) is 5.32 Å². The van der Waals surface area contributed by atoms with Gasteiger partial charge in [-0.1, -0.05) is 0 Å². The van der Waals surface area contributed by atoms with E-state index in [4.69, 9.17) is 0 Å². The van der Waals surface area contributed by atoms with Crippen LogP contribution in [0.5, 0.6) is 5.75 Å². The van der Waals surface area contributed by atoms with Crippen LogP contribution in [-0.2, 0) is 6.54 Å². The summed E-state index contributed by atoms with van der Waals surface area (Å²) in [6, 6.07) is 2.32. The molecule has 0 spiro atoms. The minimum absolute atomic E-state index is 0.276. The fraction of sp³-hybridized carbons (Fsp3) is 0.500. The minimum atomic E-state index is -4.63. The first-order valence-electron chi connectivity index (χ1n) is 5.76. The van der Waals surface area contributed by atoms with Crippen LogP contribution in [0.15, 0.2) is 12.1 Å². The Hall–Kier alpha value is -1.37. The van der Waals surface area contributed by atoms with Gasteiger partial charge in [-0.15, -0.1) is 0 Å². The zero-order valence-electron chi connectivity index (χ0n) is 9.86. The van der Waals surface area contributed by atoms with Crippen LogP contribution in [0.3, 0.4) is 0 Å². The Morgan fingerprint density at radius 2 is 1.74 bits per heavy atom. The maximum atomic E-state index is 13.5. The lowest BCUT2D eigenvalue weighted by Gasteiger charge is -2.12. The zero-order valence-corrected chi connectivity index (χ0v) is 9.86. The standard InChI is InChI=1S/C12H12F5NO/c13-9-3-7(5-18-8-1-2-8)4-10(14)11(9)19-6-12(15,16)17/h3-4,8,18H,1-2,5-6H2. The van der Waals surface area contributed by atoms with Gasteiger partial charge in [0.05, 0.1) is 0 Å². The van der Waals surface area contributed by atoms with Crippen molar-refractivity contribution in [2.75, 3.05) is 6.61 Å². The molecule has 0 unspecified atom stereocenters. The molecule has 1 aromatic carbocycles. The molecular formula is C12H12F5NO. The van der Waals surface area contributed by atoms with E-state index in [0.29, 0.717) is 11.6 Å². The zero-order chi connectivity index (χ0) is 14.0. The molecule has 0 radical (unpaired) electrons. The van der Waals surface area contributed by atoms with E-state index >= 15 is 0 Å². The second-order valence-corrected chi connectivity index (χ2v) is 4.45. The molecule has 1 saturated carbocycles. The van der Waals surface area contributed by atoms with Crippen LogP contribution in [0, 0.1) is 11.6 Å². The third-order valence-corrected chi connectivity index (χ3v) is 2.61. The van der Waals surface area contributed by atoms with E-state index < -0.39 is 30.2 Å². The average Bonchev–Trinajstić information content (AvgIpc) is 3.07. The van der Waals surface area contributed by atoms with E-state index in [0.717, 1.165) is 25.0 Å². The molecule has 0 saturated heterocycles. The van der Waals surface area contributed by atoms with Crippen LogP contribution >= 0.6 is 0 Å². The van der Waals surface area contributed by atoms with Gasteiger partial charge in [0.15, 0.2) is 24.0 Å². The van der Waals surface area contributed by atoms with Crippen LogP contribution in [0.1, 0.15) is 18.4 Å². The molecule has 0 aromatic heterocycles. The van der Waals surface area contributed by atoms with E-state index in [-0.39, 0.29) is 6.54 Å². The number of nitrogens with one attached hydrogen (secondary N) is 1. The van der Waals surface area contributed by atoms with Crippen molar-refractivity contribution in [3.63, 3.8) is 0 Å². The molecule has 0 atom stereocenters. The van der Waals surface area contributed by atoms with Crippen LogP contribution in [0.2, 0.25) is 0 Å². The number of hydrogen-bond donors (Lipinski definition) is 1. The lowest BCUT2D eigenvalue weighted by Crippen LogP contribution is -2.20. The molecule has 2 rings (SSSR count). The van der Waals surface area contributed by atoms with Gasteiger partial charge in [-0.25, -0.2) is 8.78 Å². The van der Waals surface area contributed by atoms with Crippen molar-refractivity contribution < 1.29 is 26.7 Å². The molecular weight excluding hydrogens is 269 g/mol. The Bertz CT molecular complexity index is 433. The lowest BCUT2D eigenvalue weighted by molar-refractivity contribution is -0.154. The number of alkyl halides is 3. The summed E-state index contributed by atoms with van der Waals surface area (Å²) in [7, 11) is 0. The molecule has 7 heteroatoms. The van der Waals surface area contributed by atoms with Crippen LogP contribution in [-0.4, -0.2) is 18.8 Å². The number of halogens is 5. The van der Waals surface area contributed by atoms with Gasteiger partial charge in [0.25, 0.3) is 0 Å². The smallest absolute Gasteiger partial charge is 0.422 e. The third-order valence-electron chi connectivity index (χ3n) is 2.61. The van der Waals surface area contributed by atoms with E-state index in [1.54, 1.807) is 0 Å². The SMILES string of the molecule is Fc1cc(CNC2CC2)cc(F)c1OCC(F)(F)F. The van der Waals surface area contributed by atoms with Crippen molar-refractivity contribution in [2.45, 2.75) is 31.6 Å². The van der Waals surface area contributed by atoms with Gasteiger partial charge in [0.1, 0.15) is 0 Å². The lowest BCUT2D eigenvalue weighted by atomic mass is 10.2. The monoisotopic (exact) mass is 281 g/mol. The highest BCUT2D eigenvalue weighted by atomic mass is 19.4. The topological polar surface area (TPSA) is 21.3 Å². The van der Waals surface area contributed by atoms with Crippen molar-refractivity contribution in [3.05, 3.63) is 29.3 Å². The first-order valence-corrected chi connectivity index (χ1v) is 5.76. The van der Waals surface area contributed by atoms with Gasteiger partial charge >= 0.3 is 6.18 Å². The van der Waals surface area contributed by atoms with Crippen LogP contribution in [0.4, 0.5) is 22.0 Å². The summed E-state index contributed by atoms with van der Waals surface area (Å²) in [5, 5.41) is 3.05. The predicted octanol–water partition coefficient (Wildman–Crippen LogP) is 3.16. The van der Waals surface area contributed by atoms with Crippen molar-refractivity contribution in [2.24, 2.45) is 0 Å². The van der Waals surface area contributed by atoms with Gasteiger partial charge in [-0.3, -0.25) is 0 Å². The van der Waals surface area contributed by atoms with Crippen molar-refractivity contribution >= 4 is 0 Å². The van der Waals surface area contributed by atoms with Crippen molar-refractivity contribution in [3.8, 4) is 5.75 Å².